The van der Waals surface area contributed by atoms with Crippen molar-refractivity contribution in [2.45, 2.75) is 25.9 Å². The predicted octanol–water partition coefficient (Wildman–Crippen LogP) is 4.13. The molecular weight excluding hydrogens is 508 g/mol. The summed E-state index contributed by atoms with van der Waals surface area (Å²) in [7, 11) is 0. The number of benzene rings is 2. The molecule has 3 aromatic rings. The second-order valence-corrected chi connectivity index (χ2v) is 8.52. The van der Waals surface area contributed by atoms with Crippen molar-refractivity contribution in [2.75, 3.05) is 0 Å². The first-order valence-electron chi connectivity index (χ1n) is 9.72. The number of aromatic nitrogens is 1. The number of allylic oxidation sites excluding steroid dienone is 2. The summed E-state index contributed by atoms with van der Waals surface area (Å²) in [5.41, 5.74) is 4.31. The third kappa shape index (κ3) is 5.61. The zero-order valence-corrected chi connectivity index (χ0v) is 21.7. The fourth-order valence-corrected chi connectivity index (χ4v) is 4.24. The van der Waals surface area contributed by atoms with Crippen LogP contribution < -0.4 is 34.3 Å². The topological polar surface area (TPSA) is 59.4 Å². The van der Waals surface area contributed by atoms with Gasteiger partial charge in [-0.05, 0) is 78.4 Å². The van der Waals surface area contributed by atoms with Crippen molar-refractivity contribution >= 4 is 44.6 Å². The van der Waals surface area contributed by atoms with E-state index in [1.54, 1.807) is 24.3 Å². The summed E-state index contributed by atoms with van der Waals surface area (Å²) in [6, 6.07) is 15.3. The molecule has 1 aliphatic carbocycles. The largest absolute Gasteiger partial charge is 1.00 e. The third-order valence-electron chi connectivity index (χ3n) is 5.15. The van der Waals surface area contributed by atoms with Gasteiger partial charge in [0.25, 0.3) is 0 Å². The Bertz CT molecular complexity index is 1190. The fraction of sp³-hybridized carbons (Fsp3) is 0.167. The molecule has 0 spiro atoms. The molecule has 1 aliphatic rings. The fourth-order valence-electron chi connectivity index (χ4n) is 3.69. The second-order valence-electron chi connectivity index (χ2n) is 7.20. The van der Waals surface area contributed by atoms with Crippen molar-refractivity contribution in [2.24, 2.45) is 0 Å². The molecule has 0 atom stereocenters. The summed E-state index contributed by atoms with van der Waals surface area (Å²) in [5, 5.41) is 9.49. The number of hydrogen-bond acceptors (Lipinski definition) is 3. The maximum absolute atomic E-state index is 13.2. The van der Waals surface area contributed by atoms with Crippen molar-refractivity contribution in [1.82, 2.24) is 4.98 Å². The quantitative estimate of drug-likeness (QED) is 0.491. The van der Waals surface area contributed by atoms with Gasteiger partial charge in [0.05, 0.1) is 10.7 Å². The number of nitrogens with zero attached hydrogens (tertiary/aromatic N) is 1. The Hall–Kier alpha value is -1.70. The van der Waals surface area contributed by atoms with Crippen LogP contribution in [0.4, 0.5) is 4.39 Å². The van der Waals surface area contributed by atoms with Crippen molar-refractivity contribution in [3.8, 4) is 5.75 Å². The van der Waals surface area contributed by atoms with E-state index in [0.717, 1.165) is 46.0 Å². The van der Waals surface area contributed by atoms with Crippen LogP contribution in [-0.2, 0) is 6.61 Å². The number of ether oxygens (including phenoxy) is 1. The van der Waals surface area contributed by atoms with Gasteiger partial charge in [0.1, 0.15) is 18.2 Å². The Morgan fingerprint density at radius 1 is 1.12 bits per heavy atom. The molecule has 1 N–H and O–H groups in total. The first kappa shape index (κ1) is 24.9. The van der Waals surface area contributed by atoms with Gasteiger partial charge in [-0.1, -0.05) is 39.7 Å². The minimum Gasteiger partial charge on any atom is -1.00 e. The van der Waals surface area contributed by atoms with Crippen LogP contribution in [0.5, 0.6) is 5.75 Å². The molecule has 0 saturated carbocycles. The van der Waals surface area contributed by atoms with Gasteiger partial charge >= 0.3 is 35.5 Å². The van der Waals surface area contributed by atoms with Crippen LogP contribution >= 0.6 is 27.5 Å². The molecule has 0 radical (unpaired) electrons. The summed E-state index contributed by atoms with van der Waals surface area (Å²) in [6.07, 6.45) is 2.54. The normalized spacial score (nSPS) is 13.1. The number of halogens is 3. The van der Waals surface area contributed by atoms with Gasteiger partial charge < -0.3 is 11.3 Å². The zero-order chi connectivity index (χ0) is 22.0. The van der Waals surface area contributed by atoms with E-state index in [9.17, 15) is 14.3 Å². The van der Waals surface area contributed by atoms with E-state index in [1.165, 1.54) is 12.1 Å². The molecule has 0 amide bonds. The molecule has 4 nitrogen and oxygen atoms in total. The van der Waals surface area contributed by atoms with E-state index in [-0.39, 0.29) is 47.5 Å². The molecule has 8 heteroatoms. The van der Waals surface area contributed by atoms with Crippen LogP contribution in [0, 0.1) is 5.82 Å². The molecule has 0 aliphatic heterocycles. The minimum atomic E-state index is -1.15. The molecule has 0 saturated heterocycles. The summed E-state index contributed by atoms with van der Waals surface area (Å²) < 4.78 is 20.2. The van der Waals surface area contributed by atoms with E-state index in [0.29, 0.717) is 18.1 Å². The van der Waals surface area contributed by atoms with Crippen LogP contribution in [0.3, 0.4) is 0 Å². The van der Waals surface area contributed by atoms with Gasteiger partial charge in [-0.3, -0.25) is 0 Å². The maximum atomic E-state index is 13.2. The Morgan fingerprint density at radius 3 is 2.56 bits per heavy atom. The van der Waals surface area contributed by atoms with E-state index in [2.05, 4.69) is 20.9 Å². The number of pyridine rings is 1. The molecule has 4 rings (SSSR count). The Balaban J connectivity index is 0.00000193. The number of rotatable bonds is 6. The Morgan fingerprint density at radius 2 is 1.84 bits per heavy atom. The van der Waals surface area contributed by atoms with Crippen LogP contribution in [0.25, 0.3) is 11.1 Å². The minimum absolute atomic E-state index is 0. The van der Waals surface area contributed by atoms with Crippen molar-refractivity contribution in [3.63, 3.8) is 0 Å². The molecule has 1 aromatic heterocycles. The van der Waals surface area contributed by atoms with Gasteiger partial charge in [0, 0.05) is 10.0 Å². The summed E-state index contributed by atoms with van der Waals surface area (Å²) in [5.74, 6) is -0.739. The standard InChI is InChI=1S/C24H18BrClFNO3.Na.H/c25-15-6-11-22(31-13-14-4-7-16(27)8-5-14)19(12-15)17-2-1-3-18(17)21-10-9-20(26)23(28-21)24(29)30;;/h4-12H,1-3,13H2,(H,29,30);;/q;+1;-1. The average Bonchev–Trinajstić information content (AvgIpc) is 3.24. The summed E-state index contributed by atoms with van der Waals surface area (Å²) >= 11 is 9.53. The van der Waals surface area contributed by atoms with Gasteiger partial charge in [-0.25, -0.2) is 14.2 Å². The van der Waals surface area contributed by atoms with Crippen LogP contribution in [-0.4, -0.2) is 16.1 Å². The molecule has 1 heterocycles. The van der Waals surface area contributed by atoms with E-state index >= 15 is 0 Å². The van der Waals surface area contributed by atoms with E-state index < -0.39 is 5.97 Å². The average molecular weight is 527 g/mol. The SMILES string of the molecule is O=C(O)c1nc(C2=C(c3cc(Br)ccc3OCc3ccc(F)cc3)CCC2)ccc1Cl.[H-].[Na+]. The number of carbonyl (C=O) groups is 1. The summed E-state index contributed by atoms with van der Waals surface area (Å²) in [6.45, 7) is 0.305. The second kappa shape index (κ2) is 10.9. The molecule has 2 aromatic carbocycles. The van der Waals surface area contributed by atoms with Crippen LogP contribution in [0.1, 0.15) is 48.0 Å². The predicted molar refractivity (Wildman–Crippen MR) is 123 cm³/mol. The van der Waals surface area contributed by atoms with Gasteiger partial charge in [0.15, 0.2) is 5.69 Å². The number of carboxylic acid groups (broad SMARTS) is 1. The monoisotopic (exact) mass is 525 g/mol. The van der Waals surface area contributed by atoms with Gasteiger partial charge in [-0.15, -0.1) is 0 Å². The molecule has 0 bridgehead atoms. The zero-order valence-electron chi connectivity index (χ0n) is 18.4. The molecule has 32 heavy (non-hydrogen) atoms. The Labute approximate surface area is 222 Å². The van der Waals surface area contributed by atoms with Gasteiger partial charge in [0.2, 0.25) is 0 Å². The maximum Gasteiger partial charge on any atom is 1.00 e. The van der Waals surface area contributed by atoms with Crippen molar-refractivity contribution in [1.29, 1.82) is 0 Å². The molecule has 0 unspecified atom stereocenters. The van der Waals surface area contributed by atoms with Crippen LogP contribution in [0.15, 0.2) is 59.1 Å². The van der Waals surface area contributed by atoms with Crippen LogP contribution in [0.2, 0.25) is 5.02 Å². The van der Waals surface area contributed by atoms with Gasteiger partial charge in [-0.2, -0.15) is 0 Å². The first-order chi connectivity index (χ1) is 14.9. The molecule has 0 fully saturated rings. The molecule has 160 valence electrons. The third-order valence-corrected chi connectivity index (χ3v) is 5.95. The summed E-state index contributed by atoms with van der Waals surface area (Å²) in [4.78, 5) is 15.8. The molecular formula is C24H19BrClFNNaO3. The smallest absolute Gasteiger partial charge is 1.00 e. The number of aromatic carboxylic acids is 1. The van der Waals surface area contributed by atoms with Crippen molar-refractivity contribution in [3.05, 3.63) is 92.4 Å². The Kier molecular flexibility index (Phi) is 8.53. The first-order valence-corrected chi connectivity index (χ1v) is 10.9. The number of hydrogen-bond donors (Lipinski definition) is 1. The number of carboxylic acids is 1. The van der Waals surface area contributed by atoms with E-state index in [4.69, 9.17) is 16.3 Å². The van der Waals surface area contributed by atoms with Crippen molar-refractivity contribution < 1.29 is 50.0 Å². The van der Waals surface area contributed by atoms with E-state index in [1.807, 2.05) is 18.2 Å².